The molecule has 2 N–H and O–H groups in total. The summed E-state index contributed by atoms with van der Waals surface area (Å²) in [6.07, 6.45) is -9.44. The van der Waals surface area contributed by atoms with E-state index in [-0.39, 0.29) is 28.5 Å². The quantitative estimate of drug-likeness (QED) is 0.503. The molecular formula is C13H8Cl2F6N4O3S. The van der Waals surface area contributed by atoms with Gasteiger partial charge in [-0.1, -0.05) is 23.2 Å². The Balaban J connectivity index is 2.26. The van der Waals surface area contributed by atoms with Crippen LogP contribution in [-0.4, -0.2) is 23.9 Å². The van der Waals surface area contributed by atoms with Crippen LogP contribution in [0, 0.1) is 0 Å². The fraction of sp³-hybridized carbons (Fsp3) is 0.231. The highest BCUT2D eigenvalue weighted by molar-refractivity contribution is 7.89. The van der Waals surface area contributed by atoms with E-state index in [0.717, 1.165) is 10.9 Å². The van der Waals surface area contributed by atoms with E-state index in [1.165, 1.54) is 4.83 Å². The number of halogens is 8. The molecule has 0 aliphatic carbocycles. The van der Waals surface area contributed by atoms with Crippen LogP contribution in [0.4, 0.5) is 26.3 Å². The highest BCUT2D eigenvalue weighted by Crippen LogP contribution is 2.37. The zero-order valence-corrected chi connectivity index (χ0v) is 15.9. The number of nitrogens with zero attached hydrogens (tertiary/aromatic N) is 2. The van der Waals surface area contributed by atoms with Crippen LogP contribution in [0.3, 0.4) is 0 Å². The molecule has 1 heterocycles. The number of hydrogen-bond acceptors (Lipinski definition) is 4. The summed E-state index contributed by atoms with van der Waals surface area (Å²) in [4.78, 5) is 15.4. The lowest BCUT2D eigenvalue weighted by molar-refractivity contribution is -0.143. The minimum absolute atomic E-state index is 0.00373. The van der Waals surface area contributed by atoms with Crippen molar-refractivity contribution in [3.05, 3.63) is 46.0 Å². The summed E-state index contributed by atoms with van der Waals surface area (Å²) in [5, 5.41) is -0.305. The third kappa shape index (κ3) is 5.74. The van der Waals surface area contributed by atoms with Gasteiger partial charge in [-0.2, -0.15) is 26.3 Å². The minimum atomic E-state index is -5.24. The first-order valence-corrected chi connectivity index (χ1v) is 9.31. The van der Waals surface area contributed by atoms with Crippen molar-refractivity contribution in [2.24, 2.45) is 0 Å². The van der Waals surface area contributed by atoms with E-state index in [4.69, 9.17) is 23.2 Å². The topological polar surface area (TPSA) is 93.1 Å². The number of nitrogens with one attached hydrogen (secondary N) is 2. The smallest absolute Gasteiger partial charge is 0.311 e. The predicted molar refractivity (Wildman–Crippen MR) is 87.2 cm³/mol. The number of aromatic nitrogens is 2. The van der Waals surface area contributed by atoms with Crippen molar-refractivity contribution in [2.45, 2.75) is 23.8 Å². The van der Waals surface area contributed by atoms with Gasteiger partial charge in [-0.3, -0.25) is 10.2 Å². The summed E-state index contributed by atoms with van der Waals surface area (Å²) in [6, 6.07) is -0.241. The molecule has 0 saturated carbocycles. The molecule has 16 heteroatoms. The number of rotatable bonds is 5. The lowest BCUT2D eigenvalue weighted by Crippen LogP contribution is -2.43. The van der Waals surface area contributed by atoms with Crippen molar-refractivity contribution in [1.29, 1.82) is 0 Å². The Kier molecular flexibility index (Phi) is 6.42. The van der Waals surface area contributed by atoms with Crippen molar-refractivity contribution in [3.63, 3.8) is 0 Å². The average molecular weight is 485 g/mol. The molecule has 1 amide bonds. The molecule has 1 aromatic carbocycles. The van der Waals surface area contributed by atoms with Crippen molar-refractivity contribution in [2.75, 3.05) is 0 Å². The second kappa shape index (κ2) is 8.01. The Labute approximate surface area is 168 Å². The molecule has 0 aliphatic heterocycles. The molecule has 0 unspecified atom stereocenters. The predicted octanol–water partition coefficient (Wildman–Crippen LogP) is 3.24. The van der Waals surface area contributed by atoms with Gasteiger partial charge in [-0.05, 0) is 18.2 Å². The first kappa shape index (κ1) is 23.3. The highest BCUT2D eigenvalue weighted by atomic mass is 35.5. The lowest BCUT2D eigenvalue weighted by Gasteiger charge is -2.15. The van der Waals surface area contributed by atoms with Crippen LogP contribution in [0.5, 0.6) is 0 Å². The fourth-order valence-electron chi connectivity index (χ4n) is 1.91. The summed E-state index contributed by atoms with van der Waals surface area (Å²) >= 11 is 11.3. The molecule has 0 aliphatic rings. The highest BCUT2D eigenvalue weighted by Gasteiger charge is 2.38. The fourth-order valence-corrected chi connectivity index (χ4v) is 3.15. The zero-order chi connectivity index (χ0) is 22.2. The van der Waals surface area contributed by atoms with Gasteiger partial charge >= 0.3 is 12.4 Å². The van der Waals surface area contributed by atoms with E-state index in [1.807, 2.05) is 0 Å². The van der Waals surface area contributed by atoms with E-state index >= 15 is 0 Å². The molecule has 1 aromatic heterocycles. The Morgan fingerprint density at radius 3 is 1.97 bits per heavy atom. The maximum atomic E-state index is 12.8. The summed E-state index contributed by atoms with van der Waals surface area (Å²) in [5.41, 5.74) is -2.04. The molecule has 0 saturated heterocycles. The number of carbonyl (C=O) groups is 1. The van der Waals surface area contributed by atoms with Gasteiger partial charge in [0.25, 0.3) is 15.9 Å². The maximum absolute atomic E-state index is 12.8. The molecular weight excluding hydrogens is 477 g/mol. The number of carbonyl (C=O) groups excluding carboxylic acids is 1. The number of benzene rings is 1. The number of hydrazine groups is 1. The van der Waals surface area contributed by atoms with Crippen molar-refractivity contribution in [3.8, 4) is 0 Å². The van der Waals surface area contributed by atoms with Gasteiger partial charge in [-0.15, -0.1) is 4.83 Å². The van der Waals surface area contributed by atoms with Gasteiger partial charge in [0.2, 0.25) is 0 Å². The van der Waals surface area contributed by atoms with Crippen molar-refractivity contribution >= 4 is 39.1 Å². The molecule has 0 bridgehead atoms. The average Bonchev–Trinajstić information content (AvgIpc) is 2.90. The Morgan fingerprint density at radius 2 is 1.55 bits per heavy atom. The Bertz CT molecular complexity index is 1000. The third-order valence-corrected chi connectivity index (χ3v) is 5.24. The van der Waals surface area contributed by atoms with Crippen LogP contribution in [0.15, 0.2) is 29.4 Å². The van der Waals surface area contributed by atoms with Crippen LogP contribution in [0.25, 0.3) is 0 Å². The second-order valence-corrected chi connectivity index (χ2v) is 7.75. The second-order valence-electron chi connectivity index (χ2n) is 5.35. The molecule has 160 valence electrons. The number of hydrogen-bond donors (Lipinski definition) is 2. The lowest BCUT2D eigenvalue weighted by atomic mass is 10.1. The third-order valence-electron chi connectivity index (χ3n) is 3.24. The summed E-state index contributed by atoms with van der Waals surface area (Å²) < 4.78 is 102. The molecule has 0 atom stereocenters. The maximum Gasteiger partial charge on any atom is 0.416 e. The monoisotopic (exact) mass is 484 g/mol. The molecule has 29 heavy (non-hydrogen) atoms. The molecule has 2 aromatic rings. The van der Waals surface area contributed by atoms with Crippen molar-refractivity contribution in [1.82, 2.24) is 19.8 Å². The van der Waals surface area contributed by atoms with Gasteiger partial charge in [0.1, 0.15) is 11.7 Å². The van der Waals surface area contributed by atoms with Gasteiger partial charge in [0, 0.05) is 0 Å². The van der Waals surface area contributed by atoms with E-state index in [2.05, 4.69) is 4.98 Å². The zero-order valence-electron chi connectivity index (χ0n) is 13.6. The van der Waals surface area contributed by atoms with Gasteiger partial charge in [0.05, 0.1) is 22.3 Å². The van der Waals surface area contributed by atoms with Crippen LogP contribution < -0.4 is 10.3 Å². The number of imidazole rings is 1. The number of sulfonamides is 1. The number of amides is 1. The van der Waals surface area contributed by atoms with E-state index < -0.39 is 50.9 Å². The molecule has 2 rings (SSSR count). The Morgan fingerprint density at radius 1 is 1.03 bits per heavy atom. The Hall–Kier alpha value is -2.03. The van der Waals surface area contributed by atoms with E-state index in [0.29, 0.717) is 0 Å². The molecule has 7 nitrogen and oxygen atoms in total. The van der Waals surface area contributed by atoms with Gasteiger partial charge < -0.3 is 4.57 Å². The molecule has 0 spiro atoms. The van der Waals surface area contributed by atoms with Crippen LogP contribution in [-0.2, 0) is 33.7 Å². The standard InChI is InChI=1S/C13H8Cl2F6N4O3S/c14-10-11(15)25(5-22-10)4-9(26)23-24-29(27,28)8-2-6(12(16,17)18)1-7(3-8)13(19,20)21/h1-3,5,24H,4H2,(H,23,26). The van der Waals surface area contributed by atoms with E-state index in [9.17, 15) is 39.6 Å². The van der Waals surface area contributed by atoms with Crippen LogP contribution in [0.2, 0.25) is 10.3 Å². The van der Waals surface area contributed by atoms with E-state index in [1.54, 1.807) is 5.43 Å². The first-order chi connectivity index (χ1) is 13.1. The first-order valence-electron chi connectivity index (χ1n) is 7.07. The van der Waals surface area contributed by atoms with Crippen molar-refractivity contribution < 1.29 is 39.6 Å². The van der Waals surface area contributed by atoms with Crippen LogP contribution >= 0.6 is 23.2 Å². The SMILES string of the molecule is O=C(Cn1cnc(Cl)c1Cl)NNS(=O)(=O)c1cc(C(F)(F)F)cc(C(F)(F)F)c1. The van der Waals surface area contributed by atoms with Gasteiger partial charge in [0.15, 0.2) is 5.15 Å². The summed E-state index contributed by atoms with van der Waals surface area (Å²) in [7, 11) is -4.98. The summed E-state index contributed by atoms with van der Waals surface area (Å²) in [5.74, 6) is -1.06. The molecule has 0 radical (unpaired) electrons. The minimum Gasteiger partial charge on any atom is -0.311 e. The largest absolute Gasteiger partial charge is 0.416 e. The number of alkyl halides is 6. The normalized spacial score (nSPS) is 12.8. The summed E-state index contributed by atoms with van der Waals surface area (Å²) in [6.45, 7) is -0.600. The van der Waals surface area contributed by atoms with Crippen LogP contribution in [0.1, 0.15) is 11.1 Å². The molecule has 0 fully saturated rings. The van der Waals surface area contributed by atoms with Gasteiger partial charge in [-0.25, -0.2) is 13.4 Å².